The molecule has 2 N–H and O–H groups in total. The van der Waals surface area contributed by atoms with E-state index in [2.05, 4.69) is 27.0 Å². The fourth-order valence-corrected chi connectivity index (χ4v) is 2.58. The van der Waals surface area contributed by atoms with Gasteiger partial charge >= 0.3 is 0 Å². The van der Waals surface area contributed by atoms with Crippen LogP contribution in [0, 0.1) is 13.8 Å². The van der Waals surface area contributed by atoms with Crippen LogP contribution in [0.2, 0.25) is 0 Å². The minimum Gasteiger partial charge on any atom is -0.436 e. The quantitative estimate of drug-likeness (QED) is 0.674. The molecule has 4 heteroatoms. The third kappa shape index (κ3) is 2.02. The van der Waals surface area contributed by atoms with Crippen LogP contribution in [0.1, 0.15) is 11.1 Å². The number of benzene rings is 2. The van der Waals surface area contributed by atoms with Gasteiger partial charge in [0, 0.05) is 4.47 Å². The normalized spacial score (nSPS) is 11.1. The molecule has 0 aliphatic rings. The number of rotatable bonds is 1. The number of hydrogen-bond donors (Lipinski definition) is 1. The lowest BCUT2D eigenvalue weighted by Crippen LogP contribution is -1.91. The van der Waals surface area contributed by atoms with Crippen molar-refractivity contribution in [3.63, 3.8) is 0 Å². The first-order valence-electron chi connectivity index (χ1n) is 5.98. The van der Waals surface area contributed by atoms with Crippen molar-refractivity contribution in [2.24, 2.45) is 0 Å². The van der Waals surface area contributed by atoms with Crippen LogP contribution in [0.5, 0.6) is 0 Å². The SMILES string of the molecule is Cc1cc(C)c2oc(-c3cccc(Br)c3N)nc2c1. The Labute approximate surface area is 119 Å². The average molecular weight is 317 g/mol. The Morgan fingerprint density at radius 3 is 2.79 bits per heavy atom. The van der Waals surface area contributed by atoms with Gasteiger partial charge in [0.2, 0.25) is 5.89 Å². The van der Waals surface area contributed by atoms with Gasteiger partial charge in [-0.1, -0.05) is 12.1 Å². The lowest BCUT2D eigenvalue weighted by atomic mass is 10.1. The zero-order chi connectivity index (χ0) is 13.6. The molecule has 0 atom stereocenters. The van der Waals surface area contributed by atoms with Crippen molar-refractivity contribution < 1.29 is 4.42 Å². The van der Waals surface area contributed by atoms with Gasteiger partial charge in [-0.15, -0.1) is 0 Å². The summed E-state index contributed by atoms with van der Waals surface area (Å²) in [5.41, 5.74) is 11.5. The molecule has 0 aliphatic heterocycles. The number of nitrogens with two attached hydrogens (primary N) is 1. The molecule has 3 rings (SSSR count). The third-order valence-corrected chi connectivity index (χ3v) is 3.79. The Kier molecular flexibility index (Phi) is 2.82. The molecule has 0 saturated heterocycles. The molecule has 1 heterocycles. The van der Waals surface area contributed by atoms with Crippen molar-refractivity contribution in [1.82, 2.24) is 4.98 Å². The molecule has 3 aromatic rings. The van der Waals surface area contributed by atoms with Gasteiger partial charge in [0.1, 0.15) is 5.52 Å². The highest BCUT2D eigenvalue weighted by Gasteiger charge is 2.14. The summed E-state index contributed by atoms with van der Waals surface area (Å²) in [7, 11) is 0. The molecule has 19 heavy (non-hydrogen) atoms. The minimum atomic E-state index is 0.558. The number of aryl methyl sites for hydroxylation is 2. The third-order valence-electron chi connectivity index (χ3n) is 3.10. The molecule has 96 valence electrons. The number of para-hydroxylation sites is 1. The Morgan fingerprint density at radius 1 is 1.21 bits per heavy atom. The lowest BCUT2D eigenvalue weighted by Gasteiger charge is -2.02. The molecule has 0 bridgehead atoms. The van der Waals surface area contributed by atoms with Crippen molar-refractivity contribution in [3.05, 3.63) is 45.9 Å². The highest BCUT2D eigenvalue weighted by Crippen LogP contribution is 2.33. The average Bonchev–Trinajstić information content (AvgIpc) is 2.76. The summed E-state index contributed by atoms with van der Waals surface area (Å²) in [5, 5.41) is 0. The summed E-state index contributed by atoms with van der Waals surface area (Å²) in [4.78, 5) is 4.54. The molecular formula is C15H13BrN2O. The van der Waals surface area contributed by atoms with E-state index in [4.69, 9.17) is 10.2 Å². The molecule has 3 nitrogen and oxygen atoms in total. The topological polar surface area (TPSA) is 52.0 Å². The van der Waals surface area contributed by atoms with Gasteiger partial charge in [0.15, 0.2) is 5.58 Å². The first-order chi connectivity index (χ1) is 9.06. The predicted octanol–water partition coefficient (Wildman–Crippen LogP) is 4.46. The molecule has 0 aliphatic carbocycles. The molecule has 0 amide bonds. The molecule has 0 spiro atoms. The Bertz CT molecular complexity index is 777. The molecule has 0 unspecified atom stereocenters. The number of halogens is 1. The van der Waals surface area contributed by atoms with Crippen molar-refractivity contribution in [1.29, 1.82) is 0 Å². The smallest absolute Gasteiger partial charge is 0.229 e. The highest BCUT2D eigenvalue weighted by atomic mass is 79.9. The van der Waals surface area contributed by atoms with Gasteiger partial charge in [-0.05, 0) is 59.1 Å². The van der Waals surface area contributed by atoms with Crippen molar-refractivity contribution >= 4 is 32.7 Å². The molecule has 2 aromatic carbocycles. The van der Waals surface area contributed by atoms with Crippen molar-refractivity contribution in [2.45, 2.75) is 13.8 Å². The van der Waals surface area contributed by atoms with E-state index in [1.165, 1.54) is 5.56 Å². The summed E-state index contributed by atoms with van der Waals surface area (Å²) in [6.07, 6.45) is 0. The predicted molar refractivity (Wildman–Crippen MR) is 81.0 cm³/mol. The fraction of sp³-hybridized carbons (Fsp3) is 0.133. The number of oxazole rings is 1. The number of nitrogen functional groups attached to an aromatic ring is 1. The van der Waals surface area contributed by atoms with Crippen LogP contribution < -0.4 is 5.73 Å². The van der Waals surface area contributed by atoms with E-state index < -0.39 is 0 Å². The Hall–Kier alpha value is -1.81. The number of fused-ring (bicyclic) bond motifs is 1. The Balaban J connectivity index is 2.26. The van der Waals surface area contributed by atoms with Crippen LogP contribution >= 0.6 is 15.9 Å². The summed E-state index contributed by atoms with van der Waals surface area (Å²) < 4.78 is 6.71. The largest absolute Gasteiger partial charge is 0.436 e. The van der Waals surface area contributed by atoms with E-state index in [1.54, 1.807) is 0 Å². The zero-order valence-electron chi connectivity index (χ0n) is 10.7. The van der Waals surface area contributed by atoms with Gasteiger partial charge in [0.25, 0.3) is 0 Å². The van der Waals surface area contributed by atoms with Gasteiger partial charge in [-0.25, -0.2) is 4.98 Å². The molecule has 0 saturated carbocycles. The van der Waals surface area contributed by atoms with Gasteiger partial charge in [-0.2, -0.15) is 0 Å². The van der Waals surface area contributed by atoms with E-state index >= 15 is 0 Å². The monoisotopic (exact) mass is 316 g/mol. The summed E-state index contributed by atoms with van der Waals surface area (Å²) in [6, 6.07) is 9.83. The van der Waals surface area contributed by atoms with E-state index in [9.17, 15) is 0 Å². The van der Waals surface area contributed by atoms with Crippen LogP contribution in [0.4, 0.5) is 5.69 Å². The number of nitrogens with zero attached hydrogens (tertiary/aromatic N) is 1. The van der Waals surface area contributed by atoms with Crippen LogP contribution in [0.25, 0.3) is 22.6 Å². The van der Waals surface area contributed by atoms with Gasteiger partial charge in [-0.3, -0.25) is 0 Å². The lowest BCUT2D eigenvalue weighted by molar-refractivity contribution is 0.617. The number of hydrogen-bond acceptors (Lipinski definition) is 3. The highest BCUT2D eigenvalue weighted by molar-refractivity contribution is 9.10. The molecule has 0 fully saturated rings. The fourth-order valence-electron chi connectivity index (χ4n) is 2.22. The first-order valence-corrected chi connectivity index (χ1v) is 6.77. The van der Waals surface area contributed by atoms with Crippen molar-refractivity contribution in [2.75, 3.05) is 5.73 Å². The van der Waals surface area contributed by atoms with E-state index in [0.717, 1.165) is 26.7 Å². The van der Waals surface area contributed by atoms with E-state index in [1.807, 2.05) is 38.1 Å². The van der Waals surface area contributed by atoms with Crippen molar-refractivity contribution in [3.8, 4) is 11.5 Å². The van der Waals surface area contributed by atoms with Gasteiger partial charge < -0.3 is 10.2 Å². The molecule has 0 radical (unpaired) electrons. The second-order valence-electron chi connectivity index (χ2n) is 4.65. The maximum Gasteiger partial charge on any atom is 0.229 e. The second kappa shape index (κ2) is 4.38. The number of aromatic nitrogens is 1. The van der Waals surface area contributed by atoms with Gasteiger partial charge in [0.05, 0.1) is 11.3 Å². The maximum absolute atomic E-state index is 6.06. The second-order valence-corrected chi connectivity index (χ2v) is 5.50. The van der Waals surface area contributed by atoms with E-state index in [0.29, 0.717) is 11.6 Å². The van der Waals surface area contributed by atoms with Crippen LogP contribution in [0.3, 0.4) is 0 Å². The first kappa shape index (κ1) is 12.2. The zero-order valence-corrected chi connectivity index (χ0v) is 12.3. The standard InChI is InChI=1S/C15H13BrN2O/c1-8-6-9(2)14-12(7-8)18-15(19-14)10-4-3-5-11(16)13(10)17/h3-7H,17H2,1-2H3. The summed E-state index contributed by atoms with van der Waals surface area (Å²) >= 11 is 3.42. The number of anilines is 1. The molecule has 1 aromatic heterocycles. The Morgan fingerprint density at radius 2 is 2.00 bits per heavy atom. The summed E-state index contributed by atoms with van der Waals surface area (Å²) in [6.45, 7) is 4.07. The van der Waals surface area contributed by atoms with Crippen LogP contribution in [0.15, 0.2) is 39.2 Å². The summed E-state index contributed by atoms with van der Waals surface area (Å²) in [5.74, 6) is 0.558. The van der Waals surface area contributed by atoms with Crippen LogP contribution in [-0.4, -0.2) is 4.98 Å². The van der Waals surface area contributed by atoms with E-state index in [-0.39, 0.29) is 0 Å². The molecular weight excluding hydrogens is 304 g/mol. The minimum absolute atomic E-state index is 0.558. The maximum atomic E-state index is 6.06. The van der Waals surface area contributed by atoms with Crippen LogP contribution in [-0.2, 0) is 0 Å².